The third kappa shape index (κ3) is 9.06. The molecule has 0 aliphatic carbocycles. The van der Waals surface area contributed by atoms with Gasteiger partial charge in [-0.15, -0.1) is 35.3 Å². The Hall–Kier alpha value is -1.04. The highest BCUT2D eigenvalue weighted by Crippen LogP contribution is 2.26. The van der Waals surface area contributed by atoms with Gasteiger partial charge in [0.05, 0.1) is 0 Å². The summed E-state index contributed by atoms with van der Waals surface area (Å²) in [6, 6.07) is 4.03. The fraction of sp³-hybridized carbons (Fsp3) is 0.625. The SMILES string of the molecule is CCNC(=NCC(=O)N(C)CC(F)(F)F)NCC(C)(C)c1cccs1.I. The van der Waals surface area contributed by atoms with E-state index in [2.05, 4.69) is 29.5 Å². The number of halogens is 4. The number of aliphatic imine (C=N–C) groups is 1. The Morgan fingerprint density at radius 1 is 1.31 bits per heavy atom. The zero-order valence-corrected chi connectivity index (χ0v) is 18.5. The lowest BCUT2D eigenvalue weighted by molar-refractivity contribution is -0.157. The topological polar surface area (TPSA) is 56.7 Å². The summed E-state index contributed by atoms with van der Waals surface area (Å²) in [6.45, 7) is 5.57. The molecule has 10 heteroatoms. The van der Waals surface area contributed by atoms with Crippen LogP contribution in [0.25, 0.3) is 0 Å². The van der Waals surface area contributed by atoms with Crippen LogP contribution in [0.3, 0.4) is 0 Å². The number of thiophene rings is 1. The molecule has 26 heavy (non-hydrogen) atoms. The lowest BCUT2D eigenvalue weighted by atomic mass is 9.91. The summed E-state index contributed by atoms with van der Waals surface area (Å²) < 4.78 is 37.0. The molecule has 0 aliphatic heterocycles. The van der Waals surface area contributed by atoms with Crippen LogP contribution in [0.4, 0.5) is 13.2 Å². The second kappa shape index (κ2) is 11.0. The molecule has 1 aromatic heterocycles. The van der Waals surface area contributed by atoms with Crippen LogP contribution in [0.2, 0.25) is 0 Å². The van der Waals surface area contributed by atoms with Crippen LogP contribution in [0.5, 0.6) is 0 Å². The summed E-state index contributed by atoms with van der Waals surface area (Å²) in [5.41, 5.74) is -0.137. The molecule has 0 unspecified atom stereocenters. The molecule has 0 saturated heterocycles. The fourth-order valence-corrected chi connectivity index (χ4v) is 2.87. The summed E-state index contributed by atoms with van der Waals surface area (Å²) in [5.74, 6) is -0.284. The molecule has 1 rings (SSSR count). The minimum Gasteiger partial charge on any atom is -0.357 e. The van der Waals surface area contributed by atoms with Gasteiger partial charge in [-0.25, -0.2) is 4.99 Å². The molecule has 5 nitrogen and oxygen atoms in total. The third-order valence-electron chi connectivity index (χ3n) is 3.44. The number of alkyl halides is 3. The average molecular weight is 506 g/mol. The van der Waals surface area contributed by atoms with Gasteiger partial charge in [-0.3, -0.25) is 4.79 Å². The molecule has 0 atom stereocenters. The van der Waals surface area contributed by atoms with Crippen molar-refractivity contribution in [3.05, 3.63) is 22.4 Å². The summed E-state index contributed by atoms with van der Waals surface area (Å²) in [5, 5.41) is 8.14. The molecule has 0 bridgehead atoms. The molecule has 2 N–H and O–H groups in total. The van der Waals surface area contributed by atoms with Crippen molar-refractivity contribution < 1.29 is 18.0 Å². The fourth-order valence-electron chi connectivity index (χ4n) is 2.02. The number of nitrogens with zero attached hydrogens (tertiary/aromatic N) is 2. The molecule has 0 radical (unpaired) electrons. The first kappa shape index (κ1) is 25.0. The van der Waals surface area contributed by atoms with Crippen molar-refractivity contribution >= 4 is 47.2 Å². The summed E-state index contributed by atoms with van der Waals surface area (Å²) in [6.07, 6.45) is -4.42. The first-order valence-electron chi connectivity index (χ1n) is 7.92. The molecular formula is C16H26F3IN4OS. The summed E-state index contributed by atoms with van der Waals surface area (Å²) >= 11 is 1.65. The Labute approximate surface area is 173 Å². The Balaban J connectivity index is 0.00000625. The largest absolute Gasteiger partial charge is 0.406 e. The van der Waals surface area contributed by atoms with E-state index < -0.39 is 18.6 Å². The molecule has 1 aromatic rings. The second-order valence-electron chi connectivity index (χ2n) is 6.27. The van der Waals surface area contributed by atoms with Gasteiger partial charge in [-0.05, 0) is 18.4 Å². The maximum atomic E-state index is 12.3. The maximum Gasteiger partial charge on any atom is 0.406 e. The highest BCUT2D eigenvalue weighted by Gasteiger charge is 2.31. The van der Waals surface area contributed by atoms with Gasteiger partial charge < -0.3 is 15.5 Å². The highest BCUT2D eigenvalue weighted by atomic mass is 127. The summed E-state index contributed by atoms with van der Waals surface area (Å²) in [4.78, 5) is 17.7. The van der Waals surface area contributed by atoms with Crippen LogP contribution in [-0.4, -0.2) is 56.2 Å². The summed E-state index contributed by atoms with van der Waals surface area (Å²) in [7, 11) is 1.12. The number of guanidine groups is 1. The number of nitrogens with one attached hydrogen (secondary N) is 2. The highest BCUT2D eigenvalue weighted by molar-refractivity contribution is 14.0. The van der Waals surface area contributed by atoms with E-state index >= 15 is 0 Å². The van der Waals surface area contributed by atoms with E-state index in [-0.39, 0.29) is 35.9 Å². The minimum atomic E-state index is -4.42. The van der Waals surface area contributed by atoms with Crippen molar-refractivity contribution in [3.63, 3.8) is 0 Å². The van der Waals surface area contributed by atoms with Gasteiger partial charge in [0, 0.05) is 30.4 Å². The smallest absolute Gasteiger partial charge is 0.357 e. The zero-order chi connectivity index (χ0) is 19.1. The molecule has 0 saturated carbocycles. The van der Waals surface area contributed by atoms with Gasteiger partial charge in [-0.2, -0.15) is 13.2 Å². The van der Waals surface area contributed by atoms with Gasteiger partial charge in [0.2, 0.25) is 5.91 Å². The molecule has 0 aliphatic rings. The second-order valence-corrected chi connectivity index (χ2v) is 7.22. The van der Waals surface area contributed by atoms with Crippen LogP contribution in [-0.2, 0) is 10.2 Å². The molecule has 1 heterocycles. The third-order valence-corrected chi connectivity index (χ3v) is 4.68. The Morgan fingerprint density at radius 3 is 2.46 bits per heavy atom. The van der Waals surface area contributed by atoms with Crippen LogP contribution in [0.1, 0.15) is 25.6 Å². The first-order chi connectivity index (χ1) is 11.5. The Morgan fingerprint density at radius 2 is 1.96 bits per heavy atom. The number of rotatable bonds is 7. The van der Waals surface area contributed by atoms with Crippen LogP contribution < -0.4 is 10.6 Å². The van der Waals surface area contributed by atoms with E-state index in [0.29, 0.717) is 23.9 Å². The first-order valence-corrected chi connectivity index (χ1v) is 8.80. The van der Waals surface area contributed by atoms with Crippen molar-refractivity contribution in [1.29, 1.82) is 0 Å². The van der Waals surface area contributed by atoms with E-state index in [9.17, 15) is 18.0 Å². The van der Waals surface area contributed by atoms with Gasteiger partial charge >= 0.3 is 6.18 Å². The monoisotopic (exact) mass is 506 g/mol. The van der Waals surface area contributed by atoms with Crippen molar-refractivity contribution in [2.24, 2.45) is 4.99 Å². The van der Waals surface area contributed by atoms with E-state index in [0.717, 1.165) is 7.05 Å². The van der Waals surface area contributed by atoms with E-state index in [4.69, 9.17) is 0 Å². The molecule has 0 fully saturated rings. The Kier molecular flexibility index (Phi) is 10.5. The standard InChI is InChI=1S/C16H25F3N4OS.HI/c1-5-20-14(21-9-13(24)23(4)11-16(17,18)19)22-10-15(2,3)12-7-6-8-25-12;/h6-8H,5,9-11H2,1-4H3,(H2,20,21,22);1H. The number of carbonyl (C=O) groups excluding carboxylic acids is 1. The average Bonchev–Trinajstić information content (AvgIpc) is 3.03. The van der Waals surface area contributed by atoms with Crippen LogP contribution in [0, 0.1) is 0 Å². The van der Waals surface area contributed by atoms with Gasteiger partial charge in [0.15, 0.2) is 5.96 Å². The molecule has 150 valence electrons. The van der Waals surface area contributed by atoms with Crippen molar-refractivity contribution in [3.8, 4) is 0 Å². The van der Waals surface area contributed by atoms with Crippen molar-refractivity contribution in [2.75, 3.05) is 33.2 Å². The molecule has 1 amide bonds. The number of carbonyl (C=O) groups is 1. The lowest BCUT2D eigenvalue weighted by Crippen LogP contribution is -2.44. The molecule has 0 aromatic carbocycles. The van der Waals surface area contributed by atoms with Crippen LogP contribution >= 0.6 is 35.3 Å². The van der Waals surface area contributed by atoms with E-state index in [1.807, 2.05) is 24.4 Å². The predicted octanol–water partition coefficient (Wildman–Crippen LogP) is 3.22. The number of amides is 1. The quantitative estimate of drug-likeness (QED) is 0.340. The van der Waals surface area contributed by atoms with Crippen molar-refractivity contribution in [1.82, 2.24) is 15.5 Å². The van der Waals surface area contributed by atoms with E-state index in [1.165, 1.54) is 4.88 Å². The normalized spacial score (nSPS) is 12.3. The number of hydrogen-bond acceptors (Lipinski definition) is 3. The minimum absolute atomic E-state index is 0. The van der Waals surface area contributed by atoms with E-state index in [1.54, 1.807) is 11.3 Å². The molecular weight excluding hydrogens is 480 g/mol. The maximum absolute atomic E-state index is 12.3. The molecule has 0 spiro atoms. The number of hydrogen-bond donors (Lipinski definition) is 2. The van der Waals surface area contributed by atoms with Crippen LogP contribution in [0.15, 0.2) is 22.5 Å². The van der Waals surface area contributed by atoms with Gasteiger partial charge in [-0.1, -0.05) is 19.9 Å². The number of likely N-dealkylation sites (N-methyl/N-ethyl adjacent to an activating group) is 1. The zero-order valence-electron chi connectivity index (χ0n) is 15.3. The van der Waals surface area contributed by atoms with Crippen molar-refractivity contribution in [2.45, 2.75) is 32.4 Å². The Bertz CT molecular complexity index is 577. The van der Waals surface area contributed by atoms with Gasteiger partial charge in [0.1, 0.15) is 13.1 Å². The van der Waals surface area contributed by atoms with Gasteiger partial charge in [0.25, 0.3) is 0 Å². The predicted molar refractivity (Wildman–Crippen MR) is 110 cm³/mol. The lowest BCUT2D eigenvalue weighted by Gasteiger charge is -2.25.